The summed E-state index contributed by atoms with van der Waals surface area (Å²) in [5.74, 6) is -14.2. The van der Waals surface area contributed by atoms with E-state index in [1.807, 2.05) is 0 Å². The van der Waals surface area contributed by atoms with Crippen LogP contribution in [-0.2, 0) is 4.79 Å². The van der Waals surface area contributed by atoms with E-state index in [0.29, 0.717) is 0 Å². The third-order valence-electron chi connectivity index (χ3n) is 1.74. The Kier molecular flexibility index (Phi) is 3.66. The van der Waals surface area contributed by atoms with Crippen LogP contribution in [0.15, 0.2) is 0 Å². The normalized spacial score (nSPS) is 12.4. The average Bonchev–Trinajstić information content (AvgIpc) is 2.29. The summed E-state index contributed by atoms with van der Waals surface area (Å²) in [4.78, 5) is 10.9. The van der Waals surface area contributed by atoms with Crippen LogP contribution in [0.25, 0.3) is 0 Å². The lowest BCUT2D eigenvalue weighted by Crippen LogP contribution is -2.31. The first-order valence-electron chi connectivity index (χ1n) is 4.26. The molecule has 1 aromatic carbocycles. The number of carbonyl (C=O) groups is 1. The minimum Gasteiger partial charge on any atom is -0.419 e. The van der Waals surface area contributed by atoms with Gasteiger partial charge in [-0.1, -0.05) is 0 Å². The lowest BCUT2D eigenvalue weighted by Gasteiger charge is -2.09. The molecule has 0 bridgehead atoms. The van der Waals surface area contributed by atoms with Gasteiger partial charge in [0.05, 0.1) is 0 Å². The third-order valence-corrected chi connectivity index (χ3v) is 1.74. The van der Waals surface area contributed by atoms with Crippen LogP contribution in [0.5, 0.6) is 5.75 Å². The van der Waals surface area contributed by atoms with Crippen molar-refractivity contribution in [3.8, 4) is 5.75 Å². The van der Waals surface area contributed by atoms with Crippen LogP contribution in [0.3, 0.4) is 0 Å². The van der Waals surface area contributed by atoms with E-state index in [2.05, 4.69) is 4.74 Å². The second-order valence-electron chi connectivity index (χ2n) is 3.11. The molecule has 0 aliphatic carbocycles. The maximum absolute atomic E-state index is 13.0. The first-order chi connectivity index (χ1) is 7.77. The SMILES string of the molecule is CC(N)C(=O)Oc1c(F)c(F)c(F)c(F)c1F. The molecular formula is C9H6F5NO2. The van der Waals surface area contributed by atoms with E-state index in [1.54, 1.807) is 0 Å². The molecule has 0 radical (unpaired) electrons. The molecule has 2 N–H and O–H groups in total. The average molecular weight is 255 g/mol. The zero-order valence-corrected chi connectivity index (χ0v) is 8.36. The molecule has 1 aromatic rings. The molecule has 1 rings (SSSR count). The van der Waals surface area contributed by atoms with Gasteiger partial charge in [0.15, 0.2) is 0 Å². The van der Waals surface area contributed by atoms with Gasteiger partial charge in [-0.05, 0) is 6.92 Å². The summed E-state index contributed by atoms with van der Waals surface area (Å²) >= 11 is 0. The van der Waals surface area contributed by atoms with Gasteiger partial charge in [-0.3, -0.25) is 0 Å². The summed E-state index contributed by atoms with van der Waals surface area (Å²) in [6.07, 6.45) is 0. The lowest BCUT2D eigenvalue weighted by atomic mass is 10.2. The molecule has 0 aromatic heterocycles. The van der Waals surface area contributed by atoms with Crippen molar-refractivity contribution < 1.29 is 31.5 Å². The second kappa shape index (κ2) is 4.66. The number of hydrogen-bond acceptors (Lipinski definition) is 3. The highest BCUT2D eigenvalue weighted by atomic mass is 19.2. The first kappa shape index (κ1) is 13.4. The van der Waals surface area contributed by atoms with Crippen LogP contribution in [-0.4, -0.2) is 12.0 Å². The molecule has 0 amide bonds. The maximum atomic E-state index is 13.0. The van der Waals surface area contributed by atoms with Crippen LogP contribution in [0.1, 0.15) is 6.92 Å². The predicted molar refractivity (Wildman–Crippen MR) is 45.5 cm³/mol. The molecule has 0 aliphatic rings. The predicted octanol–water partition coefficient (Wildman–Crippen LogP) is 1.63. The fourth-order valence-corrected chi connectivity index (χ4v) is 0.868. The fraction of sp³-hybridized carbons (Fsp3) is 0.222. The van der Waals surface area contributed by atoms with Gasteiger partial charge in [-0.15, -0.1) is 0 Å². The standard InChI is InChI=1S/C9H6F5NO2/c1-2(15)9(16)17-8-6(13)4(11)3(10)5(12)7(8)14/h2H,15H2,1H3. The van der Waals surface area contributed by atoms with Crippen LogP contribution in [0, 0.1) is 29.1 Å². The highest BCUT2D eigenvalue weighted by molar-refractivity contribution is 5.77. The molecule has 0 fully saturated rings. The Morgan fingerprint density at radius 3 is 1.71 bits per heavy atom. The largest absolute Gasteiger partial charge is 0.419 e. The molecule has 0 spiro atoms. The number of benzene rings is 1. The number of hydrogen-bond donors (Lipinski definition) is 1. The van der Waals surface area contributed by atoms with Crippen molar-refractivity contribution in [3.05, 3.63) is 29.1 Å². The van der Waals surface area contributed by atoms with Crippen LogP contribution >= 0.6 is 0 Å². The number of carbonyl (C=O) groups excluding carboxylic acids is 1. The van der Waals surface area contributed by atoms with Crippen molar-refractivity contribution in [2.45, 2.75) is 13.0 Å². The number of rotatable bonds is 2. The number of halogens is 5. The first-order valence-corrected chi connectivity index (χ1v) is 4.26. The van der Waals surface area contributed by atoms with Gasteiger partial charge < -0.3 is 10.5 Å². The topological polar surface area (TPSA) is 52.3 Å². The molecule has 17 heavy (non-hydrogen) atoms. The smallest absolute Gasteiger partial charge is 0.328 e. The molecule has 0 saturated heterocycles. The van der Waals surface area contributed by atoms with E-state index in [-0.39, 0.29) is 0 Å². The minimum atomic E-state index is -2.33. The van der Waals surface area contributed by atoms with Gasteiger partial charge in [0.25, 0.3) is 0 Å². The molecule has 1 atom stereocenters. The Balaban J connectivity index is 3.30. The second-order valence-corrected chi connectivity index (χ2v) is 3.11. The van der Waals surface area contributed by atoms with Crippen molar-refractivity contribution in [2.75, 3.05) is 0 Å². The highest BCUT2D eigenvalue weighted by Crippen LogP contribution is 2.29. The van der Waals surface area contributed by atoms with E-state index in [0.717, 1.165) is 6.92 Å². The molecule has 3 nitrogen and oxygen atoms in total. The van der Waals surface area contributed by atoms with Gasteiger partial charge >= 0.3 is 5.97 Å². The van der Waals surface area contributed by atoms with Crippen molar-refractivity contribution in [2.24, 2.45) is 5.73 Å². The maximum Gasteiger partial charge on any atom is 0.328 e. The monoisotopic (exact) mass is 255 g/mol. The summed E-state index contributed by atoms with van der Waals surface area (Å²) in [6.45, 7) is 1.12. The Labute approximate surface area is 92.0 Å². The summed E-state index contributed by atoms with van der Waals surface area (Å²) in [5.41, 5.74) is 5.01. The summed E-state index contributed by atoms with van der Waals surface area (Å²) in [5, 5.41) is 0. The van der Waals surface area contributed by atoms with Gasteiger partial charge in [-0.25, -0.2) is 18.0 Å². The van der Waals surface area contributed by atoms with Crippen molar-refractivity contribution >= 4 is 5.97 Å². The number of ether oxygens (including phenoxy) is 1. The lowest BCUT2D eigenvalue weighted by molar-refractivity contribution is -0.135. The van der Waals surface area contributed by atoms with Gasteiger partial charge in [-0.2, -0.15) is 8.78 Å². The quantitative estimate of drug-likeness (QED) is 0.287. The number of esters is 1. The molecule has 8 heteroatoms. The Bertz CT molecular complexity index is 446. The van der Waals surface area contributed by atoms with Crippen molar-refractivity contribution in [1.82, 2.24) is 0 Å². The van der Waals surface area contributed by atoms with E-state index >= 15 is 0 Å². The van der Waals surface area contributed by atoms with Crippen LogP contribution in [0.4, 0.5) is 22.0 Å². The minimum absolute atomic E-state index is 1.12. The fourth-order valence-electron chi connectivity index (χ4n) is 0.868. The van der Waals surface area contributed by atoms with Gasteiger partial charge in [0.2, 0.25) is 34.8 Å². The summed E-state index contributed by atoms with van der Waals surface area (Å²) in [6, 6.07) is -1.27. The summed E-state index contributed by atoms with van der Waals surface area (Å²) < 4.78 is 67.9. The zero-order valence-electron chi connectivity index (χ0n) is 8.36. The van der Waals surface area contributed by atoms with Gasteiger partial charge in [0.1, 0.15) is 6.04 Å². The van der Waals surface area contributed by atoms with Crippen LogP contribution < -0.4 is 10.5 Å². The number of nitrogens with two attached hydrogens (primary N) is 1. The highest BCUT2D eigenvalue weighted by Gasteiger charge is 2.29. The van der Waals surface area contributed by atoms with Crippen LogP contribution in [0.2, 0.25) is 0 Å². The molecule has 0 heterocycles. The zero-order chi connectivity index (χ0) is 13.3. The Hall–Kier alpha value is -1.70. The summed E-state index contributed by atoms with van der Waals surface area (Å²) in [7, 11) is 0. The van der Waals surface area contributed by atoms with Crippen molar-refractivity contribution in [1.29, 1.82) is 0 Å². The molecule has 94 valence electrons. The molecule has 1 unspecified atom stereocenters. The van der Waals surface area contributed by atoms with E-state index < -0.39 is 46.8 Å². The van der Waals surface area contributed by atoms with Gasteiger partial charge in [0, 0.05) is 0 Å². The van der Waals surface area contributed by atoms with E-state index in [9.17, 15) is 26.7 Å². The Morgan fingerprint density at radius 2 is 1.35 bits per heavy atom. The molecule has 0 saturated carbocycles. The molecule has 0 aliphatic heterocycles. The Morgan fingerprint density at radius 1 is 1.00 bits per heavy atom. The molecular weight excluding hydrogens is 249 g/mol. The van der Waals surface area contributed by atoms with E-state index in [4.69, 9.17) is 5.73 Å². The van der Waals surface area contributed by atoms with E-state index in [1.165, 1.54) is 0 Å². The third kappa shape index (κ3) is 2.36. The van der Waals surface area contributed by atoms with Crippen molar-refractivity contribution in [3.63, 3.8) is 0 Å².